The van der Waals surface area contributed by atoms with Crippen molar-refractivity contribution < 1.29 is 9.90 Å². The molecule has 0 aliphatic carbocycles. The molecule has 3 N–H and O–H groups in total. The first-order valence-corrected chi connectivity index (χ1v) is 4.84. The van der Waals surface area contributed by atoms with E-state index in [0.717, 1.165) is 25.8 Å². The summed E-state index contributed by atoms with van der Waals surface area (Å²) in [5.74, 6) is -0.729. The summed E-state index contributed by atoms with van der Waals surface area (Å²) in [7, 11) is 0. The zero-order chi connectivity index (χ0) is 9.94. The van der Waals surface area contributed by atoms with Crippen LogP contribution in [-0.2, 0) is 4.79 Å². The van der Waals surface area contributed by atoms with E-state index < -0.39 is 5.97 Å². The first kappa shape index (κ1) is 12.2. The molecule has 0 atom stereocenters. The van der Waals surface area contributed by atoms with Crippen molar-refractivity contribution in [2.24, 2.45) is 5.73 Å². The van der Waals surface area contributed by atoms with Gasteiger partial charge in [-0.2, -0.15) is 0 Å². The number of hydrogen-bond acceptors (Lipinski definition) is 2. The maximum Gasteiger partial charge on any atom is 0.303 e. The molecule has 0 aromatic carbocycles. The number of carboxylic acid groups (broad SMARTS) is 1. The Bertz CT molecular complexity index is 155. The highest BCUT2D eigenvalue weighted by atomic mass is 16.4. The van der Waals surface area contributed by atoms with Gasteiger partial charge in [-0.05, 0) is 32.2 Å². The summed E-state index contributed by atoms with van der Waals surface area (Å²) in [5, 5.41) is 8.34. The van der Waals surface area contributed by atoms with Crippen molar-refractivity contribution in [1.29, 1.82) is 0 Å². The minimum Gasteiger partial charge on any atom is -0.481 e. The van der Waals surface area contributed by atoms with E-state index in [1.54, 1.807) is 0 Å². The second-order valence-corrected chi connectivity index (χ2v) is 3.04. The molecule has 3 nitrogen and oxygen atoms in total. The molecule has 13 heavy (non-hydrogen) atoms. The van der Waals surface area contributed by atoms with Crippen molar-refractivity contribution in [2.75, 3.05) is 6.54 Å². The molecule has 0 spiro atoms. The van der Waals surface area contributed by atoms with Gasteiger partial charge in [0.2, 0.25) is 0 Å². The van der Waals surface area contributed by atoms with E-state index in [9.17, 15) is 4.79 Å². The van der Waals surface area contributed by atoms with Crippen LogP contribution < -0.4 is 5.73 Å². The van der Waals surface area contributed by atoms with Crippen LogP contribution in [0, 0.1) is 0 Å². The predicted octanol–water partition coefficient (Wildman–Crippen LogP) is 1.93. The van der Waals surface area contributed by atoms with Gasteiger partial charge in [-0.15, -0.1) is 0 Å². The zero-order valence-electron chi connectivity index (χ0n) is 8.04. The van der Waals surface area contributed by atoms with Crippen LogP contribution in [0.2, 0.25) is 0 Å². The van der Waals surface area contributed by atoms with Crippen LogP contribution in [0.25, 0.3) is 0 Å². The van der Waals surface area contributed by atoms with E-state index in [1.807, 2.05) is 6.08 Å². The highest BCUT2D eigenvalue weighted by Gasteiger charge is 1.91. The maximum absolute atomic E-state index is 10.1. The third kappa shape index (κ3) is 11.2. The van der Waals surface area contributed by atoms with E-state index in [-0.39, 0.29) is 6.42 Å². The minimum absolute atomic E-state index is 0.235. The Kier molecular flexibility index (Phi) is 8.67. The summed E-state index contributed by atoms with van der Waals surface area (Å²) < 4.78 is 0. The lowest BCUT2D eigenvalue weighted by Gasteiger charge is -1.93. The molecule has 0 amide bonds. The number of carboxylic acids is 1. The highest BCUT2D eigenvalue weighted by molar-refractivity contribution is 5.66. The average molecular weight is 185 g/mol. The Balaban J connectivity index is 3.08. The quantitative estimate of drug-likeness (QED) is 0.448. The van der Waals surface area contributed by atoms with Crippen molar-refractivity contribution >= 4 is 5.97 Å². The Hall–Kier alpha value is -0.830. The second kappa shape index (κ2) is 9.26. The summed E-state index contributed by atoms with van der Waals surface area (Å²) in [6.07, 6.45) is 9.32. The zero-order valence-corrected chi connectivity index (χ0v) is 8.04. The van der Waals surface area contributed by atoms with Gasteiger partial charge in [0.15, 0.2) is 0 Å². The van der Waals surface area contributed by atoms with E-state index in [4.69, 9.17) is 10.8 Å². The fourth-order valence-electron chi connectivity index (χ4n) is 1.03. The summed E-state index contributed by atoms with van der Waals surface area (Å²) in [6, 6.07) is 0. The normalized spacial score (nSPS) is 10.8. The van der Waals surface area contributed by atoms with Gasteiger partial charge >= 0.3 is 5.97 Å². The number of rotatable bonds is 8. The van der Waals surface area contributed by atoms with Gasteiger partial charge in [0.05, 0.1) is 0 Å². The Morgan fingerprint density at radius 2 is 1.85 bits per heavy atom. The molecular formula is C10H19NO2. The minimum atomic E-state index is -0.729. The molecule has 0 aliphatic rings. The van der Waals surface area contributed by atoms with E-state index >= 15 is 0 Å². The summed E-state index contributed by atoms with van der Waals surface area (Å²) in [4.78, 5) is 10.1. The molecule has 0 aliphatic heterocycles. The van der Waals surface area contributed by atoms with Gasteiger partial charge in [-0.3, -0.25) is 4.79 Å². The summed E-state index contributed by atoms with van der Waals surface area (Å²) >= 11 is 0. The standard InChI is InChI=1S/C10H19NO2/c11-9-7-5-3-1-2-4-6-8-10(12)13/h2,4H,1,3,5-9,11H2,(H,12,13)/b4-2+. The fourth-order valence-corrected chi connectivity index (χ4v) is 1.03. The average Bonchev–Trinajstić information content (AvgIpc) is 2.09. The van der Waals surface area contributed by atoms with E-state index in [2.05, 4.69) is 6.08 Å². The van der Waals surface area contributed by atoms with Crippen molar-refractivity contribution in [2.45, 2.75) is 38.5 Å². The topological polar surface area (TPSA) is 63.3 Å². The second-order valence-electron chi connectivity index (χ2n) is 3.04. The maximum atomic E-state index is 10.1. The number of carbonyl (C=O) groups is 1. The van der Waals surface area contributed by atoms with Crippen LogP contribution in [0.1, 0.15) is 38.5 Å². The van der Waals surface area contributed by atoms with Crippen LogP contribution in [0.4, 0.5) is 0 Å². The molecule has 0 rings (SSSR count). The van der Waals surface area contributed by atoms with Gasteiger partial charge in [-0.25, -0.2) is 0 Å². The number of allylic oxidation sites excluding steroid dienone is 2. The third-order valence-corrected chi connectivity index (χ3v) is 1.77. The first-order chi connectivity index (χ1) is 6.27. The lowest BCUT2D eigenvalue weighted by atomic mass is 10.2. The number of nitrogens with two attached hydrogens (primary N) is 1. The monoisotopic (exact) mass is 185 g/mol. The van der Waals surface area contributed by atoms with Gasteiger partial charge in [0.1, 0.15) is 0 Å². The molecule has 0 saturated heterocycles. The Morgan fingerprint density at radius 3 is 2.46 bits per heavy atom. The number of aliphatic carboxylic acids is 1. The third-order valence-electron chi connectivity index (χ3n) is 1.77. The molecule has 0 unspecified atom stereocenters. The van der Waals surface area contributed by atoms with Crippen molar-refractivity contribution in [3.63, 3.8) is 0 Å². The Labute approximate surface area is 79.6 Å². The molecule has 0 aromatic rings. The SMILES string of the molecule is NCCCCC/C=C/CCC(=O)O. The van der Waals surface area contributed by atoms with E-state index in [1.165, 1.54) is 6.42 Å². The molecule has 76 valence electrons. The van der Waals surface area contributed by atoms with Crippen molar-refractivity contribution in [1.82, 2.24) is 0 Å². The van der Waals surface area contributed by atoms with Crippen LogP contribution in [-0.4, -0.2) is 17.6 Å². The summed E-state index contributed by atoms with van der Waals surface area (Å²) in [5.41, 5.74) is 5.34. The largest absolute Gasteiger partial charge is 0.481 e. The van der Waals surface area contributed by atoms with Crippen LogP contribution in [0.3, 0.4) is 0 Å². The van der Waals surface area contributed by atoms with Gasteiger partial charge in [0, 0.05) is 6.42 Å². The molecule has 0 saturated carbocycles. The highest BCUT2D eigenvalue weighted by Crippen LogP contribution is 2.00. The molecule has 0 fully saturated rings. The fraction of sp³-hybridized carbons (Fsp3) is 0.700. The van der Waals surface area contributed by atoms with Gasteiger partial charge in [0.25, 0.3) is 0 Å². The molecule has 0 bridgehead atoms. The molecule has 3 heteroatoms. The van der Waals surface area contributed by atoms with Crippen molar-refractivity contribution in [3.8, 4) is 0 Å². The van der Waals surface area contributed by atoms with Crippen molar-refractivity contribution in [3.05, 3.63) is 12.2 Å². The van der Waals surface area contributed by atoms with Crippen LogP contribution in [0.15, 0.2) is 12.2 Å². The van der Waals surface area contributed by atoms with Gasteiger partial charge < -0.3 is 10.8 Å². The predicted molar refractivity (Wildman–Crippen MR) is 53.5 cm³/mol. The smallest absolute Gasteiger partial charge is 0.303 e. The Morgan fingerprint density at radius 1 is 1.15 bits per heavy atom. The molecule has 0 aromatic heterocycles. The van der Waals surface area contributed by atoms with Crippen LogP contribution in [0.5, 0.6) is 0 Å². The summed E-state index contributed by atoms with van der Waals surface area (Å²) in [6.45, 7) is 0.767. The number of unbranched alkanes of at least 4 members (excludes halogenated alkanes) is 3. The molecule has 0 heterocycles. The van der Waals surface area contributed by atoms with Crippen LogP contribution >= 0.6 is 0 Å². The van der Waals surface area contributed by atoms with E-state index in [0.29, 0.717) is 6.42 Å². The first-order valence-electron chi connectivity index (χ1n) is 4.84. The number of hydrogen-bond donors (Lipinski definition) is 2. The molecular weight excluding hydrogens is 166 g/mol. The van der Waals surface area contributed by atoms with Gasteiger partial charge in [-0.1, -0.05) is 18.6 Å². The lowest BCUT2D eigenvalue weighted by molar-refractivity contribution is -0.136. The molecule has 0 radical (unpaired) electrons. The lowest BCUT2D eigenvalue weighted by Crippen LogP contribution is -1.97.